The second-order valence-corrected chi connectivity index (χ2v) is 2.93. The highest BCUT2D eigenvalue weighted by molar-refractivity contribution is 5.13. The summed E-state index contributed by atoms with van der Waals surface area (Å²) < 4.78 is 0. The van der Waals surface area contributed by atoms with Crippen molar-refractivity contribution in [1.29, 1.82) is 0 Å². The maximum atomic E-state index is 8.80. The number of fused-ring (bicyclic) bond motifs is 1. The molecule has 1 saturated carbocycles. The summed E-state index contributed by atoms with van der Waals surface area (Å²) in [5, 5.41) is 12.1. The molecule has 0 amide bonds. The first-order valence-electron chi connectivity index (χ1n) is 3.23. The van der Waals surface area contributed by atoms with Gasteiger partial charge in [-0.05, 0) is 25.3 Å². The average Bonchev–Trinajstić information content (AvgIpc) is 2.38. The lowest BCUT2D eigenvalue weighted by Crippen LogP contribution is -2.31. The van der Waals surface area contributed by atoms with Crippen LogP contribution in [0.3, 0.4) is 0 Å². The fraction of sp³-hybridized carbons (Fsp3) is 1.00. The largest absolute Gasteiger partial charge is 0.394 e. The molecule has 2 rings (SSSR count). The molecule has 0 bridgehead atoms. The highest BCUT2D eigenvalue weighted by Gasteiger charge is 2.56. The van der Waals surface area contributed by atoms with Crippen molar-refractivity contribution in [3.63, 3.8) is 0 Å². The molecule has 2 N–H and O–H groups in total. The Bertz CT molecular complexity index is 111. The predicted octanol–water partition coefficient (Wildman–Crippen LogP) is -0.269. The van der Waals surface area contributed by atoms with Gasteiger partial charge in [0.1, 0.15) is 0 Å². The quantitative estimate of drug-likeness (QED) is 0.490. The normalized spacial score (nSPS) is 51.4. The zero-order valence-electron chi connectivity index (χ0n) is 4.85. The van der Waals surface area contributed by atoms with Gasteiger partial charge in [0.05, 0.1) is 6.61 Å². The molecular formula is C6H11NO. The molecule has 0 aromatic heterocycles. The van der Waals surface area contributed by atoms with E-state index in [4.69, 9.17) is 5.11 Å². The first-order valence-corrected chi connectivity index (χ1v) is 3.23. The third-order valence-electron chi connectivity index (χ3n) is 2.48. The molecule has 0 spiro atoms. The van der Waals surface area contributed by atoms with Crippen LogP contribution in [0.4, 0.5) is 0 Å². The summed E-state index contributed by atoms with van der Waals surface area (Å²) in [6.45, 7) is 1.46. The Morgan fingerprint density at radius 1 is 1.75 bits per heavy atom. The second kappa shape index (κ2) is 1.25. The summed E-state index contributed by atoms with van der Waals surface area (Å²) in [7, 11) is 0. The standard InChI is InChI=1S/C6H11NO/c8-4-6-3-5(6)1-2-7-6/h5,7-8H,1-4H2/t5-,6-/m1/s1. The average molecular weight is 113 g/mol. The molecule has 0 unspecified atom stereocenters. The van der Waals surface area contributed by atoms with Gasteiger partial charge in [0.2, 0.25) is 0 Å². The third kappa shape index (κ3) is 0.400. The van der Waals surface area contributed by atoms with E-state index in [1.54, 1.807) is 0 Å². The number of rotatable bonds is 1. The van der Waals surface area contributed by atoms with Crippen LogP contribution >= 0.6 is 0 Å². The lowest BCUT2D eigenvalue weighted by atomic mass is 10.2. The van der Waals surface area contributed by atoms with Gasteiger partial charge in [-0.1, -0.05) is 0 Å². The number of aliphatic hydroxyl groups is 1. The summed E-state index contributed by atoms with van der Waals surface area (Å²) >= 11 is 0. The van der Waals surface area contributed by atoms with E-state index in [1.807, 2.05) is 0 Å². The van der Waals surface area contributed by atoms with Gasteiger partial charge in [0.25, 0.3) is 0 Å². The molecule has 8 heavy (non-hydrogen) atoms. The number of aliphatic hydroxyl groups excluding tert-OH is 1. The van der Waals surface area contributed by atoms with Gasteiger partial charge in [0, 0.05) is 5.54 Å². The van der Waals surface area contributed by atoms with E-state index in [0.717, 1.165) is 12.5 Å². The molecular weight excluding hydrogens is 102 g/mol. The Hall–Kier alpha value is -0.0800. The van der Waals surface area contributed by atoms with Gasteiger partial charge in [0.15, 0.2) is 0 Å². The first kappa shape index (κ1) is 4.77. The van der Waals surface area contributed by atoms with Crippen LogP contribution in [0, 0.1) is 5.92 Å². The van der Waals surface area contributed by atoms with E-state index >= 15 is 0 Å². The molecule has 1 heterocycles. The SMILES string of the molecule is OC[C@]12C[C@H]1CCN2. The number of hydrogen-bond acceptors (Lipinski definition) is 2. The van der Waals surface area contributed by atoms with Crippen LogP contribution in [0.2, 0.25) is 0 Å². The van der Waals surface area contributed by atoms with Gasteiger partial charge in [-0.2, -0.15) is 0 Å². The van der Waals surface area contributed by atoms with Gasteiger partial charge in [-0.3, -0.25) is 0 Å². The molecule has 1 aliphatic carbocycles. The van der Waals surface area contributed by atoms with Crippen molar-refractivity contribution in [3.05, 3.63) is 0 Å². The summed E-state index contributed by atoms with van der Waals surface area (Å²) in [5.74, 6) is 0.812. The Labute approximate surface area is 48.9 Å². The molecule has 2 aliphatic rings. The van der Waals surface area contributed by atoms with Crippen molar-refractivity contribution >= 4 is 0 Å². The van der Waals surface area contributed by atoms with Crippen molar-refractivity contribution < 1.29 is 5.11 Å². The van der Waals surface area contributed by atoms with Crippen molar-refractivity contribution in [2.24, 2.45) is 5.92 Å². The van der Waals surface area contributed by atoms with Crippen LogP contribution in [-0.2, 0) is 0 Å². The number of piperidine rings is 1. The molecule has 0 radical (unpaired) electrons. The Morgan fingerprint density at radius 2 is 2.62 bits per heavy atom. The Morgan fingerprint density at radius 3 is 2.88 bits per heavy atom. The zero-order chi connectivity index (χ0) is 5.61. The minimum absolute atomic E-state index is 0.208. The zero-order valence-corrected chi connectivity index (χ0v) is 4.85. The summed E-state index contributed by atoms with van der Waals surface area (Å²) in [5.41, 5.74) is 0.208. The molecule has 1 saturated heterocycles. The lowest BCUT2D eigenvalue weighted by Gasteiger charge is -2.06. The van der Waals surface area contributed by atoms with E-state index in [-0.39, 0.29) is 5.54 Å². The predicted molar refractivity (Wildman–Crippen MR) is 30.5 cm³/mol. The van der Waals surface area contributed by atoms with Crippen LogP contribution in [0.15, 0.2) is 0 Å². The fourth-order valence-corrected chi connectivity index (χ4v) is 1.72. The second-order valence-electron chi connectivity index (χ2n) is 2.93. The highest BCUT2D eigenvalue weighted by Crippen LogP contribution is 2.48. The van der Waals surface area contributed by atoms with Crippen LogP contribution in [0.5, 0.6) is 0 Å². The molecule has 0 aromatic rings. The number of nitrogens with one attached hydrogen (secondary N) is 1. The summed E-state index contributed by atoms with van der Waals surface area (Å²) in [6, 6.07) is 0. The van der Waals surface area contributed by atoms with Gasteiger partial charge >= 0.3 is 0 Å². The topological polar surface area (TPSA) is 32.3 Å². The van der Waals surface area contributed by atoms with E-state index in [1.165, 1.54) is 12.8 Å². The maximum Gasteiger partial charge on any atom is 0.0616 e. The van der Waals surface area contributed by atoms with Gasteiger partial charge < -0.3 is 10.4 Å². The molecule has 1 aliphatic heterocycles. The molecule has 2 atom stereocenters. The first-order chi connectivity index (χ1) is 3.87. The molecule has 2 heteroatoms. The fourth-order valence-electron chi connectivity index (χ4n) is 1.72. The molecule has 2 fully saturated rings. The Kier molecular flexibility index (Phi) is 0.746. The minimum Gasteiger partial charge on any atom is -0.394 e. The minimum atomic E-state index is 0.208. The van der Waals surface area contributed by atoms with Crippen molar-refractivity contribution in [3.8, 4) is 0 Å². The maximum absolute atomic E-state index is 8.80. The van der Waals surface area contributed by atoms with E-state index < -0.39 is 0 Å². The monoisotopic (exact) mass is 113 g/mol. The van der Waals surface area contributed by atoms with Gasteiger partial charge in [-0.15, -0.1) is 0 Å². The van der Waals surface area contributed by atoms with Crippen LogP contribution in [-0.4, -0.2) is 23.8 Å². The van der Waals surface area contributed by atoms with Crippen LogP contribution in [0.1, 0.15) is 12.8 Å². The smallest absolute Gasteiger partial charge is 0.0616 e. The lowest BCUT2D eigenvalue weighted by molar-refractivity contribution is 0.236. The molecule has 46 valence electrons. The Balaban J connectivity index is 2.08. The third-order valence-corrected chi connectivity index (χ3v) is 2.48. The van der Waals surface area contributed by atoms with Gasteiger partial charge in [-0.25, -0.2) is 0 Å². The van der Waals surface area contributed by atoms with Crippen molar-refractivity contribution in [1.82, 2.24) is 5.32 Å². The van der Waals surface area contributed by atoms with E-state index in [9.17, 15) is 0 Å². The molecule has 2 nitrogen and oxygen atoms in total. The summed E-state index contributed by atoms with van der Waals surface area (Å²) in [6.07, 6.45) is 2.49. The van der Waals surface area contributed by atoms with Crippen LogP contribution in [0.25, 0.3) is 0 Å². The summed E-state index contributed by atoms with van der Waals surface area (Å²) in [4.78, 5) is 0. The van der Waals surface area contributed by atoms with E-state index in [2.05, 4.69) is 5.32 Å². The number of hydrogen-bond donors (Lipinski definition) is 2. The molecule has 0 aromatic carbocycles. The van der Waals surface area contributed by atoms with Crippen molar-refractivity contribution in [2.75, 3.05) is 13.2 Å². The highest BCUT2D eigenvalue weighted by atomic mass is 16.3. The van der Waals surface area contributed by atoms with Crippen molar-refractivity contribution in [2.45, 2.75) is 18.4 Å². The van der Waals surface area contributed by atoms with Crippen LogP contribution < -0.4 is 5.32 Å². The van der Waals surface area contributed by atoms with E-state index in [0.29, 0.717) is 6.61 Å².